The van der Waals surface area contributed by atoms with E-state index in [1.54, 1.807) is 15.9 Å². The Kier molecular flexibility index (Phi) is 5.75. The van der Waals surface area contributed by atoms with Gasteiger partial charge in [0.1, 0.15) is 5.01 Å². The second-order valence-corrected chi connectivity index (χ2v) is 8.80. The van der Waals surface area contributed by atoms with Crippen LogP contribution in [0.5, 0.6) is 0 Å². The van der Waals surface area contributed by atoms with Crippen LogP contribution in [0.15, 0.2) is 12.3 Å². The maximum atomic E-state index is 12.4. The lowest BCUT2D eigenvalue weighted by Crippen LogP contribution is -2.14. The average Bonchev–Trinajstić information content (AvgIpc) is 3.42. The van der Waals surface area contributed by atoms with E-state index in [-0.39, 0.29) is 12.3 Å². The molecule has 2 atom stereocenters. The van der Waals surface area contributed by atoms with Gasteiger partial charge < -0.3 is 5.32 Å². The van der Waals surface area contributed by atoms with Crippen molar-refractivity contribution in [3.63, 3.8) is 0 Å². The number of fused-ring (bicyclic) bond motifs is 1. The van der Waals surface area contributed by atoms with Crippen molar-refractivity contribution in [3.05, 3.63) is 28.7 Å². The summed E-state index contributed by atoms with van der Waals surface area (Å²) >= 11 is 1.56. The Morgan fingerprint density at radius 2 is 2.29 bits per heavy atom. The lowest BCUT2D eigenvalue weighted by Gasteiger charge is -2.09. The van der Waals surface area contributed by atoms with E-state index >= 15 is 0 Å². The fraction of sp³-hybridized carbons (Fsp3) is 0.600. The molecule has 1 fully saturated rings. The number of H-pyrrole nitrogens is 1. The van der Waals surface area contributed by atoms with E-state index in [1.807, 2.05) is 12.3 Å². The molecular formula is C20H28N6OS. The Hall–Kier alpha value is -2.22. The standard InChI is InChI=1S/C20H28N6OS/c1-3-5-6-13-7-8-14(9-13)16-11-17(24-23-16)22-18(27)10-15-12-26-20(21-15)28-19(4-2)25-26/h11-14H,3-10H2,1-2H3,(H2,22,23,24,27)/t13-,14+/m1/s1. The number of anilines is 1. The molecule has 0 saturated heterocycles. The van der Waals surface area contributed by atoms with Gasteiger partial charge in [-0.15, -0.1) is 0 Å². The summed E-state index contributed by atoms with van der Waals surface area (Å²) in [4.78, 5) is 17.7. The molecule has 3 aromatic heterocycles. The molecule has 7 nitrogen and oxygen atoms in total. The number of amides is 1. The summed E-state index contributed by atoms with van der Waals surface area (Å²) in [6.07, 6.45) is 10.6. The van der Waals surface area contributed by atoms with Crippen LogP contribution in [0.4, 0.5) is 5.82 Å². The second-order valence-electron chi connectivity index (χ2n) is 7.76. The van der Waals surface area contributed by atoms with Crippen molar-refractivity contribution < 1.29 is 4.79 Å². The number of carbonyl (C=O) groups excluding carboxylic acids is 1. The van der Waals surface area contributed by atoms with Crippen LogP contribution in [0.1, 0.15) is 74.7 Å². The highest BCUT2D eigenvalue weighted by Gasteiger charge is 2.27. The maximum Gasteiger partial charge on any atom is 0.231 e. The highest BCUT2D eigenvalue weighted by Crippen LogP contribution is 2.40. The molecule has 2 N–H and O–H groups in total. The predicted molar refractivity (Wildman–Crippen MR) is 111 cm³/mol. The minimum absolute atomic E-state index is 0.105. The lowest BCUT2D eigenvalue weighted by atomic mass is 9.98. The third kappa shape index (κ3) is 4.27. The molecule has 0 aliphatic heterocycles. The Labute approximate surface area is 169 Å². The van der Waals surface area contributed by atoms with Gasteiger partial charge in [-0.1, -0.05) is 44.4 Å². The van der Waals surface area contributed by atoms with E-state index < -0.39 is 0 Å². The first-order valence-corrected chi connectivity index (χ1v) is 11.1. The molecule has 0 spiro atoms. The van der Waals surface area contributed by atoms with Crippen LogP contribution < -0.4 is 5.32 Å². The number of rotatable bonds is 8. The molecule has 0 unspecified atom stereocenters. The summed E-state index contributed by atoms with van der Waals surface area (Å²) in [7, 11) is 0. The van der Waals surface area contributed by atoms with E-state index in [0.29, 0.717) is 11.7 Å². The number of aryl methyl sites for hydroxylation is 1. The number of hydrogen-bond donors (Lipinski definition) is 2. The molecule has 0 aromatic carbocycles. The Morgan fingerprint density at radius 3 is 3.07 bits per heavy atom. The number of hydrogen-bond acceptors (Lipinski definition) is 5. The molecule has 1 aliphatic rings. The minimum atomic E-state index is -0.105. The quantitative estimate of drug-likeness (QED) is 0.589. The van der Waals surface area contributed by atoms with Gasteiger partial charge in [0.25, 0.3) is 0 Å². The van der Waals surface area contributed by atoms with Gasteiger partial charge in [-0.3, -0.25) is 9.89 Å². The highest BCUT2D eigenvalue weighted by molar-refractivity contribution is 7.16. The molecule has 3 heterocycles. The molecule has 0 radical (unpaired) electrons. The molecule has 4 rings (SSSR count). The van der Waals surface area contributed by atoms with Crippen molar-refractivity contribution >= 4 is 28.0 Å². The van der Waals surface area contributed by atoms with Crippen molar-refractivity contribution in [3.8, 4) is 0 Å². The third-order valence-electron chi connectivity index (χ3n) is 5.59. The predicted octanol–water partition coefficient (Wildman–Crippen LogP) is 4.33. The molecule has 150 valence electrons. The van der Waals surface area contributed by atoms with Crippen molar-refractivity contribution in [2.75, 3.05) is 5.32 Å². The Bertz CT molecular complexity index is 910. The summed E-state index contributed by atoms with van der Waals surface area (Å²) < 4.78 is 1.76. The molecule has 28 heavy (non-hydrogen) atoms. The maximum absolute atomic E-state index is 12.4. The number of nitrogens with one attached hydrogen (secondary N) is 2. The molecule has 1 amide bonds. The van der Waals surface area contributed by atoms with Gasteiger partial charge in [0.2, 0.25) is 10.9 Å². The van der Waals surface area contributed by atoms with Crippen molar-refractivity contribution in [1.29, 1.82) is 0 Å². The Morgan fingerprint density at radius 1 is 1.39 bits per heavy atom. The highest BCUT2D eigenvalue weighted by atomic mass is 32.1. The third-order valence-corrected chi connectivity index (χ3v) is 6.66. The lowest BCUT2D eigenvalue weighted by molar-refractivity contribution is -0.115. The van der Waals surface area contributed by atoms with E-state index in [0.717, 1.165) is 33.7 Å². The van der Waals surface area contributed by atoms with Gasteiger partial charge in [0, 0.05) is 17.7 Å². The van der Waals surface area contributed by atoms with Crippen LogP contribution in [0.25, 0.3) is 4.96 Å². The van der Waals surface area contributed by atoms with Crippen LogP contribution in [-0.4, -0.2) is 30.7 Å². The molecule has 1 aliphatic carbocycles. The van der Waals surface area contributed by atoms with Gasteiger partial charge in [0.15, 0.2) is 5.82 Å². The van der Waals surface area contributed by atoms with Crippen LogP contribution in [0, 0.1) is 5.92 Å². The monoisotopic (exact) mass is 400 g/mol. The number of nitrogens with zero attached hydrogens (tertiary/aromatic N) is 4. The fourth-order valence-corrected chi connectivity index (χ4v) is 4.92. The van der Waals surface area contributed by atoms with Crippen molar-refractivity contribution in [1.82, 2.24) is 24.8 Å². The molecule has 8 heteroatoms. The van der Waals surface area contributed by atoms with Crippen molar-refractivity contribution in [2.24, 2.45) is 5.92 Å². The van der Waals surface area contributed by atoms with Crippen LogP contribution in [-0.2, 0) is 17.6 Å². The smallest absolute Gasteiger partial charge is 0.231 e. The first kappa shape index (κ1) is 19.1. The first-order chi connectivity index (χ1) is 13.6. The van der Waals surface area contributed by atoms with Gasteiger partial charge >= 0.3 is 0 Å². The SMILES string of the molecule is CCCC[C@@H]1CC[C@H](c2cc(NC(=O)Cc3cn4nc(CC)sc4n3)n[nH]2)C1. The van der Waals surface area contributed by atoms with E-state index in [9.17, 15) is 4.79 Å². The summed E-state index contributed by atoms with van der Waals surface area (Å²) in [5.41, 5.74) is 1.87. The van der Waals surface area contributed by atoms with Crippen LogP contribution in [0.2, 0.25) is 0 Å². The first-order valence-electron chi connectivity index (χ1n) is 10.3. The minimum Gasteiger partial charge on any atom is -0.309 e. The van der Waals surface area contributed by atoms with Gasteiger partial charge in [-0.05, 0) is 31.6 Å². The largest absolute Gasteiger partial charge is 0.309 e. The zero-order chi connectivity index (χ0) is 19.5. The number of carbonyl (C=O) groups is 1. The Balaban J connectivity index is 1.31. The van der Waals surface area contributed by atoms with E-state index in [4.69, 9.17) is 0 Å². The van der Waals surface area contributed by atoms with Crippen LogP contribution in [0.3, 0.4) is 0 Å². The topological polar surface area (TPSA) is 88.0 Å². The summed E-state index contributed by atoms with van der Waals surface area (Å²) in [6, 6.07) is 1.99. The van der Waals surface area contributed by atoms with E-state index in [2.05, 4.69) is 39.4 Å². The summed E-state index contributed by atoms with van der Waals surface area (Å²) in [6.45, 7) is 4.32. The molecule has 3 aromatic rings. The number of aromatic amines is 1. The van der Waals surface area contributed by atoms with Gasteiger partial charge in [-0.25, -0.2) is 9.50 Å². The van der Waals surface area contributed by atoms with Crippen molar-refractivity contribution in [2.45, 2.75) is 71.1 Å². The summed E-state index contributed by atoms with van der Waals surface area (Å²) in [5.74, 6) is 1.87. The average molecular weight is 401 g/mol. The summed E-state index contributed by atoms with van der Waals surface area (Å²) in [5, 5.41) is 15.8. The number of aromatic nitrogens is 5. The van der Waals surface area contributed by atoms with Gasteiger partial charge in [0.05, 0.1) is 18.3 Å². The van der Waals surface area contributed by atoms with Gasteiger partial charge in [-0.2, -0.15) is 10.2 Å². The number of unbranched alkanes of at least 4 members (excludes halogenated alkanes) is 1. The molecule has 1 saturated carbocycles. The second kappa shape index (κ2) is 8.43. The zero-order valence-corrected chi connectivity index (χ0v) is 17.4. The van der Waals surface area contributed by atoms with Crippen LogP contribution >= 0.6 is 11.3 Å². The zero-order valence-electron chi connectivity index (χ0n) is 16.6. The fourth-order valence-electron chi connectivity index (χ4n) is 4.09. The van der Waals surface area contributed by atoms with E-state index in [1.165, 1.54) is 38.5 Å². The molecule has 0 bridgehead atoms. The molecular weight excluding hydrogens is 372 g/mol. The number of imidazole rings is 1. The normalized spacial score (nSPS) is 19.5.